The molecule has 0 unspecified atom stereocenters. The summed E-state index contributed by atoms with van der Waals surface area (Å²) in [5, 5.41) is 3.28. The maximum Gasteiger partial charge on any atom is 0.340 e. The summed E-state index contributed by atoms with van der Waals surface area (Å²) in [5.74, 6) is -1.35. The molecule has 29 heavy (non-hydrogen) atoms. The van der Waals surface area contributed by atoms with Crippen molar-refractivity contribution in [1.29, 1.82) is 0 Å². The summed E-state index contributed by atoms with van der Waals surface area (Å²) in [6, 6.07) is 19.4. The van der Waals surface area contributed by atoms with Crippen LogP contribution in [-0.4, -0.2) is 24.3 Å². The van der Waals surface area contributed by atoms with E-state index in [0.29, 0.717) is 21.8 Å². The summed E-state index contributed by atoms with van der Waals surface area (Å²) in [4.78, 5) is 36.5. The number of esters is 1. The van der Waals surface area contributed by atoms with Crippen molar-refractivity contribution in [3.8, 4) is 0 Å². The van der Waals surface area contributed by atoms with Crippen LogP contribution in [0.4, 0.5) is 5.69 Å². The first-order valence-electron chi connectivity index (χ1n) is 8.56. The number of carbonyl (C=O) groups excluding carboxylic acids is 3. The monoisotopic (exact) mass is 427 g/mol. The van der Waals surface area contributed by atoms with Gasteiger partial charge in [0.15, 0.2) is 12.4 Å². The van der Waals surface area contributed by atoms with Gasteiger partial charge in [-0.15, -0.1) is 0 Å². The summed E-state index contributed by atoms with van der Waals surface area (Å²) in [6.45, 7) is -0.437. The third-order valence-corrected chi connectivity index (χ3v) is 4.53. The van der Waals surface area contributed by atoms with E-state index in [1.54, 1.807) is 48.5 Å². The van der Waals surface area contributed by atoms with E-state index in [-0.39, 0.29) is 22.3 Å². The highest BCUT2D eigenvalue weighted by molar-refractivity contribution is 6.36. The second-order valence-corrected chi connectivity index (χ2v) is 6.86. The van der Waals surface area contributed by atoms with E-state index < -0.39 is 12.6 Å². The predicted octanol–water partition coefficient (Wildman–Crippen LogP) is 5.29. The molecule has 0 aliphatic heterocycles. The van der Waals surface area contributed by atoms with Gasteiger partial charge in [-0.25, -0.2) is 4.79 Å². The molecule has 0 atom stereocenters. The summed E-state index contributed by atoms with van der Waals surface area (Å²) in [6.07, 6.45) is 0. The molecule has 0 heterocycles. The topological polar surface area (TPSA) is 72.5 Å². The van der Waals surface area contributed by atoms with Gasteiger partial charge in [0.25, 0.3) is 5.91 Å². The van der Waals surface area contributed by atoms with Crippen LogP contribution < -0.4 is 5.32 Å². The third kappa shape index (κ3) is 5.44. The molecule has 0 bridgehead atoms. The summed E-state index contributed by atoms with van der Waals surface area (Å²) in [5.41, 5.74) is 1.54. The van der Waals surface area contributed by atoms with Crippen molar-refractivity contribution >= 4 is 46.5 Å². The van der Waals surface area contributed by atoms with Crippen molar-refractivity contribution in [2.75, 3.05) is 11.9 Å². The molecule has 5 nitrogen and oxygen atoms in total. The van der Waals surface area contributed by atoms with Crippen molar-refractivity contribution in [2.45, 2.75) is 0 Å². The lowest BCUT2D eigenvalue weighted by molar-refractivity contribution is 0.0475. The standard InChI is InChI=1S/C22H15Cl2NO4/c23-16-8-11-18(19(24)12-16)22(28)29-13-20(26)14-6-9-17(10-7-14)25-21(27)15-4-2-1-3-5-15/h1-12H,13H2,(H,25,27). The lowest BCUT2D eigenvalue weighted by Crippen LogP contribution is -2.15. The van der Waals surface area contributed by atoms with Crippen molar-refractivity contribution in [2.24, 2.45) is 0 Å². The number of ketones is 1. The Morgan fingerprint density at radius 3 is 2.17 bits per heavy atom. The Kier molecular flexibility index (Phi) is 6.65. The molecule has 0 fully saturated rings. The normalized spacial score (nSPS) is 10.3. The zero-order valence-corrected chi connectivity index (χ0v) is 16.5. The molecule has 0 aliphatic rings. The number of ether oxygens (including phenoxy) is 1. The lowest BCUT2D eigenvalue weighted by atomic mass is 10.1. The number of nitrogens with one attached hydrogen (secondary N) is 1. The molecule has 3 rings (SSSR count). The summed E-state index contributed by atoms with van der Waals surface area (Å²) in [7, 11) is 0. The second kappa shape index (κ2) is 9.37. The zero-order chi connectivity index (χ0) is 20.8. The van der Waals surface area contributed by atoms with Gasteiger partial charge in [0.1, 0.15) is 0 Å². The third-order valence-electron chi connectivity index (χ3n) is 3.99. The van der Waals surface area contributed by atoms with E-state index in [0.717, 1.165) is 0 Å². The molecule has 0 aromatic heterocycles. The number of carbonyl (C=O) groups is 3. The highest BCUT2D eigenvalue weighted by Crippen LogP contribution is 2.21. The lowest BCUT2D eigenvalue weighted by Gasteiger charge is -2.08. The van der Waals surface area contributed by atoms with Gasteiger partial charge in [0.05, 0.1) is 10.6 Å². The zero-order valence-electron chi connectivity index (χ0n) is 15.0. The predicted molar refractivity (Wildman–Crippen MR) is 112 cm³/mol. The van der Waals surface area contributed by atoms with Crippen LogP contribution in [0.3, 0.4) is 0 Å². The largest absolute Gasteiger partial charge is 0.454 e. The van der Waals surface area contributed by atoms with E-state index in [4.69, 9.17) is 27.9 Å². The van der Waals surface area contributed by atoms with Gasteiger partial charge in [-0.1, -0.05) is 41.4 Å². The van der Waals surface area contributed by atoms with E-state index in [9.17, 15) is 14.4 Å². The van der Waals surface area contributed by atoms with Gasteiger partial charge >= 0.3 is 5.97 Å². The minimum atomic E-state index is -0.716. The van der Waals surface area contributed by atoms with Crippen LogP contribution in [0.25, 0.3) is 0 Å². The number of halogens is 2. The molecular formula is C22H15Cl2NO4. The maximum atomic E-state index is 12.3. The van der Waals surface area contributed by atoms with Crippen molar-refractivity contribution < 1.29 is 19.1 Å². The van der Waals surface area contributed by atoms with Crippen LogP contribution in [0.15, 0.2) is 72.8 Å². The minimum Gasteiger partial charge on any atom is -0.454 e. The average Bonchev–Trinajstić information content (AvgIpc) is 2.73. The van der Waals surface area contributed by atoms with Gasteiger partial charge in [0.2, 0.25) is 0 Å². The summed E-state index contributed by atoms with van der Waals surface area (Å²) >= 11 is 11.7. The number of Topliss-reactive ketones (excluding diaryl/α,β-unsaturated/α-hetero) is 1. The van der Waals surface area contributed by atoms with Crippen LogP contribution >= 0.6 is 23.2 Å². The van der Waals surface area contributed by atoms with Crippen molar-refractivity contribution in [1.82, 2.24) is 0 Å². The molecule has 146 valence electrons. The van der Waals surface area contributed by atoms with E-state index in [1.807, 2.05) is 6.07 Å². The maximum absolute atomic E-state index is 12.3. The minimum absolute atomic E-state index is 0.128. The van der Waals surface area contributed by atoms with Gasteiger partial charge in [0, 0.05) is 21.8 Å². The second-order valence-electron chi connectivity index (χ2n) is 6.02. The number of hydrogen-bond donors (Lipinski definition) is 1. The van der Waals surface area contributed by atoms with Crippen molar-refractivity contribution in [3.63, 3.8) is 0 Å². The molecule has 7 heteroatoms. The smallest absolute Gasteiger partial charge is 0.340 e. The van der Waals surface area contributed by atoms with Crippen LogP contribution in [-0.2, 0) is 4.74 Å². The number of benzene rings is 3. The summed E-state index contributed by atoms with van der Waals surface area (Å²) < 4.78 is 5.03. The molecule has 3 aromatic carbocycles. The molecule has 0 spiro atoms. The fraction of sp³-hybridized carbons (Fsp3) is 0.0455. The van der Waals surface area contributed by atoms with Crippen LogP contribution in [0.2, 0.25) is 10.0 Å². The molecule has 0 saturated carbocycles. The Labute approximate surface area is 177 Å². The van der Waals surface area contributed by atoms with Crippen molar-refractivity contribution in [3.05, 3.63) is 99.5 Å². The van der Waals surface area contributed by atoms with Gasteiger partial charge in [-0.3, -0.25) is 9.59 Å². The molecule has 0 saturated heterocycles. The Bertz CT molecular complexity index is 1050. The van der Waals surface area contributed by atoms with E-state index in [2.05, 4.69) is 5.32 Å². The average molecular weight is 428 g/mol. The van der Waals surface area contributed by atoms with E-state index in [1.165, 1.54) is 18.2 Å². The van der Waals surface area contributed by atoms with Gasteiger partial charge in [-0.05, 0) is 54.6 Å². The Morgan fingerprint density at radius 2 is 1.52 bits per heavy atom. The van der Waals surface area contributed by atoms with Crippen LogP contribution in [0.5, 0.6) is 0 Å². The van der Waals surface area contributed by atoms with Crippen LogP contribution in [0, 0.1) is 0 Å². The number of amides is 1. The Morgan fingerprint density at radius 1 is 0.828 bits per heavy atom. The van der Waals surface area contributed by atoms with Gasteiger partial charge in [-0.2, -0.15) is 0 Å². The first-order chi connectivity index (χ1) is 13.9. The molecule has 0 radical (unpaired) electrons. The van der Waals surface area contributed by atoms with E-state index >= 15 is 0 Å². The highest BCUT2D eigenvalue weighted by Gasteiger charge is 2.15. The quantitative estimate of drug-likeness (QED) is 0.428. The van der Waals surface area contributed by atoms with Crippen LogP contribution in [0.1, 0.15) is 31.1 Å². The molecule has 1 N–H and O–H groups in total. The Balaban J connectivity index is 1.57. The first-order valence-corrected chi connectivity index (χ1v) is 9.31. The molecular weight excluding hydrogens is 413 g/mol. The number of rotatable bonds is 6. The molecule has 3 aromatic rings. The number of hydrogen-bond acceptors (Lipinski definition) is 4. The number of anilines is 1. The molecule has 0 aliphatic carbocycles. The first kappa shape index (κ1) is 20.6. The molecule has 1 amide bonds. The fourth-order valence-corrected chi connectivity index (χ4v) is 2.97. The SMILES string of the molecule is O=C(COC(=O)c1ccc(Cl)cc1Cl)c1ccc(NC(=O)c2ccccc2)cc1. The Hall–Kier alpha value is -3.15. The fourth-order valence-electron chi connectivity index (χ4n) is 2.48. The highest BCUT2D eigenvalue weighted by atomic mass is 35.5. The van der Waals surface area contributed by atoms with Gasteiger partial charge < -0.3 is 10.1 Å².